The van der Waals surface area contributed by atoms with Gasteiger partial charge in [0.2, 0.25) is 5.95 Å². The van der Waals surface area contributed by atoms with E-state index < -0.39 is 55.5 Å². The topological polar surface area (TPSA) is 151 Å². The quantitative estimate of drug-likeness (QED) is 0.439. The number of anilines is 1. The molecule has 11 nitrogen and oxygen atoms in total. The molecule has 2 aromatic heterocycles. The van der Waals surface area contributed by atoms with Crippen LogP contribution >= 0.6 is 7.82 Å². The molecule has 2 aliphatic heterocycles. The van der Waals surface area contributed by atoms with Crippen molar-refractivity contribution in [3.8, 4) is 0 Å². The van der Waals surface area contributed by atoms with Crippen LogP contribution in [-0.2, 0) is 22.9 Å². The van der Waals surface area contributed by atoms with Crippen LogP contribution in [0.15, 0.2) is 35.3 Å². The Balaban J connectivity index is 1.29. The molecule has 0 bridgehead atoms. The summed E-state index contributed by atoms with van der Waals surface area (Å²) in [5, 5.41) is 11.0. The molecule has 4 N–H and O–H groups in total. The van der Waals surface area contributed by atoms with Crippen molar-refractivity contribution in [1.82, 2.24) is 14.5 Å². The fourth-order valence-electron chi connectivity index (χ4n) is 4.34. The van der Waals surface area contributed by atoms with E-state index in [2.05, 4.69) is 9.97 Å². The third-order valence-electron chi connectivity index (χ3n) is 6.10. The van der Waals surface area contributed by atoms with Gasteiger partial charge >= 0.3 is 7.82 Å². The molecule has 14 heteroatoms. The number of aromatic amines is 1. The molecule has 6 atom stereocenters. The summed E-state index contributed by atoms with van der Waals surface area (Å²) in [5.41, 5.74) is 5.71. The number of benzene rings is 1. The number of aliphatic hydroxyl groups excluding tert-OH is 1. The zero-order valence-corrected chi connectivity index (χ0v) is 19.4. The molecule has 35 heavy (non-hydrogen) atoms. The Labute approximate surface area is 197 Å². The minimum Gasteiger partial charge on any atom is -0.390 e. The first kappa shape index (κ1) is 24.0. The van der Waals surface area contributed by atoms with E-state index in [4.69, 9.17) is 24.0 Å². The number of fused-ring (bicyclic) bond motifs is 1. The Morgan fingerprint density at radius 1 is 1.34 bits per heavy atom. The second-order valence-electron chi connectivity index (χ2n) is 8.49. The number of nitrogens with zero attached hydrogens (tertiary/aromatic N) is 2. The number of rotatable bonds is 5. The lowest BCUT2D eigenvalue weighted by Crippen LogP contribution is -2.29. The summed E-state index contributed by atoms with van der Waals surface area (Å²) in [6.07, 6.45) is -1.75. The van der Waals surface area contributed by atoms with Crippen LogP contribution in [0.25, 0.3) is 11.0 Å². The fraction of sp³-hybridized carbons (Fsp3) is 0.429. The largest absolute Gasteiger partial charge is 0.475 e. The maximum atomic E-state index is 13.6. The van der Waals surface area contributed by atoms with Crippen LogP contribution in [0.4, 0.5) is 14.7 Å². The van der Waals surface area contributed by atoms with E-state index in [1.807, 2.05) is 0 Å². The van der Waals surface area contributed by atoms with Gasteiger partial charge in [-0.3, -0.25) is 23.3 Å². The van der Waals surface area contributed by atoms with Crippen LogP contribution in [0, 0.1) is 17.6 Å². The number of hydrogen-bond donors (Lipinski definition) is 3. The summed E-state index contributed by atoms with van der Waals surface area (Å²) in [4.78, 5) is 18.7. The highest BCUT2D eigenvalue weighted by Crippen LogP contribution is 2.57. The van der Waals surface area contributed by atoms with Crippen LogP contribution in [0.5, 0.6) is 0 Å². The van der Waals surface area contributed by atoms with Crippen molar-refractivity contribution in [2.75, 3.05) is 18.9 Å². The van der Waals surface area contributed by atoms with Gasteiger partial charge in [0, 0.05) is 24.6 Å². The number of hydrogen-bond acceptors (Lipinski definition) is 9. The number of phosphoric acid groups is 1. The Kier molecular flexibility index (Phi) is 6.24. The van der Waals surface area contributed by atoms with Gasteiger partial charge in [0.15, 0.2) is 5.65 Å². The highest BCUT2D eigenvalue weighted by Gasteiger charge is 2.45. The number of halogens is 2. The molecular formula is C21H23F2N4O7P. The van der Waals surface area contributed by atoms with Gasteiger partial charge in [-0.15, -0.1) is 0 Å². The molecular weight excluding hydrogens is 489 g/mol. The number of aromatic nitrogens is 3. The van der Waals surface area contributed by atoms with Crippen LogP contribution in [0.3, 0.4) is 0 Å². The zero-order valence-electron chi connectivity index (χ0n) is 18.5. The molecule has 1 aromatic carbocycles. The molecule has 0 amide bonds. The van der Waals surface area contributed by atoms with Crippen molar-refractivity contribution in [2.24, 2.45) is 5.92 Å². The number of nitrogens with one attached hydrogen (secondary N) is 1. The van der Waals surface area contributed by atoms with E-state index in [0.29, 0.717) is 5.39 Å². The summed E-state index contributed by atoms with van der Waals surface area (Å²) >= 11 is 0. The second kappa shape index (κ2) is 9.08. The lowest BCUT2D eigenvalue weighted by molar-refractivity contribution is -0.0537. The lowest BCUT2D eigenvalue weighted by Gasteiger charge is -2.30. The highest BCUT2D eigenvalue weighted by molar-refractivity contribution is 7.48. The van der Waals surface area contributed by atoms with Gasteiger partial charge in [-0.2, -0.15) is 4.98 Å². The summed E-state index contributed by atoms with van der Waals surface area (Å²) in [7, 11) is -4.11. The third kappa shape index (κ3) is 4.63. The predicted molar refractivity (Wildman–Crippen MR) is 118 cm³/mol. The molecule has 0 radical (unpaired) electrons. The number of ether oxygens (including phenoxy) is 1. The number of H-pyrrole nitrogens is 1. The molecule has 4 heterocycles. The van der Waals surface area contributed by atoms with E-state index >= 15 is 0 Å². The minimum atomic E-state index is -4.11. The number of nitrogens with two attached hydrogens (primary N) is 1. The normalized spacial score (nSPS) is 31.3. The molecule has 5 rings (SSSR count). The van der Waals surface area contributed by atoms with Crippen molar-refractivity contribution < 1.29 is 36.8 Å². The molecule has 0 spiro atoms. The van der Waals surface area contributed by atoms with Gasteiger partial charge in [-0.1, -0.05) is 6.92 Å². The Bertz CT molecular complexity index is 1340. The minimum absolute atomic E-state index is 0.0236. The molecule has 0 saturated carbocycles. The van der Waals surface area contributed by atoms with Crippen LogP contribution in [-0.4, -0.2) is 45.1 Å². The predicted octanol–water partition coefficient (Wildman–Crippen LogP) is 2.78. The smallest absolute Gasteiger partial charge is 0.390 e. The molecule has 2 saturated heterocycles. The molecule has 2 fully saturated rings. The third-order valence-corrected chi connectivity index (χ3v) is 7.57. The van der Waals surface area contributed by atoms with E-state index in [1.165, 1.54) is 0 Å². The molecule has 1 unspecified atom stereocenters. The van der Waals surface area contributed by atoms with Crippen molar-refractivity contribution >= 4 is 24.8 Å². The van der Waals surface area contributed by atoms with Crippen molar-refractivity contribution in [3.05, 3.63) is 58.0 Å². The van der Waals surface area contributed by atoms with Gasteiger partial charge < -0.3 is 20.1 Å². The van der Waals surface area contributed by atoms with Crippen molar-refractivity contribution in [3.63, 3.8) is 0 Å². The Hall–Kier alpha value is -2.67. The van der Waals surface area contributed by atoms with Gasteiger partial charge in [0.25, 0.3) is 5.56 Å². The maximum Gasteiger partial charge on any atom is 0.475 e. The average molecular weight is 512 g/mol. The van der Waals surface area contributed by atoms with E-state index in [0.717, 1.165) is 18.2 Å². The van der Waals surface area contributed by atoms with Gasteiger partial charge in [0.05, 0.1) is 30.8 Å². The summed E-state index contributed by atoms with van der Waals surface area (Å²) in [6.45, 7) is 1.37. The standard InChI is InChI=1S/C21H23F2N4O7P/c1-10-17(28)16(33-20(10)27-4-2-14-18(27)25-21(24)26-19(14)29)9-32-35(30)31-5-3-15(34-35)11-6-12(22)8-13(23)7-11/h2,4,6-8,10,15-17,20,28H,3,5,9H2,1H3,(H3,24,25,26,29)/t10-,15+,16+,17-,20+,35?/m0/s1. The fourth-order valence-corrected chi connectivity index (χ4v) is 5.74. The monoisotopic (exact) mass is 512 g/mol. The van der Waals surface area contributed by atoms with E-state index in [9.17, 15) is 23.2 Å². The Morgan fingerprint density at radius 3 is 2.83 bits per heavy atom. The first-order chi connectivity index (χ1) is 16.6. The maximum absolute atomic E-state index is 13.6. The van der Waals surface area contributed by atoms with E-state index in [1.54, 1.807) is 23.8 Å². The number of aliphatic hydroxyl groups is 1. The van der Waals surface area contributed by atoms with Gasteiger partial charge in [-0.05, 0) is 23.8 Å². The molecule has 0 aliphatic carbocycles. The van der Waals surface area contributed by atoms with Crippen LogP contribution in [0.1, 0.15) is 31.2 Å². The van der Waals surface area contributed by atoms with Gasteiger partial charge in [0.1, 0.15) is 24.0 Å². The number of nitrogen functional groups attached to an aromatic ring is 1. The summed E-state index contributed by atoms with van der Waals surface area (Å²) in [6, 6.07) is 4.47. The van der Waals surface area contributed by atoms with E-state index in [-0.39, 0.29) is 36.8 Å². The van der Waals surface area contributed by atoms with Gasteiger partial charge in [-0.25, -0.2) is 13.3 Å². The van der Waals surface area contributed by atoms with Crippen LogP contribution in [0.2, 0.25) is 0 Å². The lowest BCUT2D eigenvalue weighted by atomic mass is 10.0. The second-order valence-corrected chi connectivity index (χ2v) is 10.1. The highest BCUT2D eigenvalue weighted by atomic mass is 31.2. The van der Waals surface area contributed by atoms with Crippen molar-refractivity contribution in [2.45, 2.75) is 37.9 Å². The van der Waals surface area contributed by atoms with Crippen LogP contribution < -0.4 is 11.3 Å². The number of phosphoric ester groups is 1. The Morgan fingerprint density at radius 2 is 2.09 bits per heavy atom. The molecule has 3 aromatic rings. The first-order valence-electron chi connectivity index (χ1n) is 10.9. The zero-order chi connectivity index (χ0) is 24.9. The summed E-state index contributed by atoms with van der Waals surface area (Å²) < 4.78 is 63.8. The van der Waals surface area contributed by atoms with Crippen molar-refractivity contribution in [1.29, 1.82) is 0 Å². The SMILES string of the molecule is C[C@H]1[C@H](O)[C@@H](COP2(=O)OCC[C@H](c3cc(F)cc(F)c3)O2)O[C@H]1n1ccc2c(=O)[nH]c(N)nc21. The molecule has 188 valence electrons. The first-order valence-corrected chi connectivity index (χ1v) is 12.3. The summed E-state index contributed by atoms with van der Waals surface area (Å²) in [5.74, 6) is -2.10. The molecule has 2 aliphatic rings. The average Bonchev–Trinajstić information content (AvgIpc) is 3.33.